The van der Waals surface area contributed by atoms with Gasteiger partial charge in [0.2, 0.25) is 5.91 Å². The van der Waals surface area contributed by atoms with Crippen LogP contribution < -0.4 is 5.32 Å². The number of carbonyl (C=O) groups is 1. The molecule has 100 valence electrons. The Balaban J connectivity index is 2.13. The summed E-state index contributed by atoms with van der Waals surface area (Å²) in [6, 6.07) is 7.39. The smallest absolute Gasteiger partial charge is 0.230 e. The molecule has 1 saturated heterocycles. The number of hydrogen-bond acceptors (Lipinski definition) is 3. The first-order valence-electron chi connectivity index (χ1n) is 6.59. The lowest BCUT2D eigenvalue weighted by atomic mass is 9.98. The molecule has 1 fully saturated rings. The molecule has 2 rings (SSSR count). The van der Waals surface area contributed by atoms with Crippen molar-refractivity contribution < 1.29 is 9.53 Å². The molecule has 2 atom stereocenters. The van der Waals surface area contributed by atoms with Gasteiger partial charge in [0.15, 0.2) is 0 Å². The third kappa shape index (κ3) is 2.94. The summed E-state index contributed by atoms with van der Waals surface area (Å²) in [4.78, 5) is 12.3. The van der Waals surface area contributed by atoms with Gasteiger partial charge in [0.1, 0.15) is 0 Å². The molecule has 0 radical (unpaired) electrons. The second-order valence-corrected chi connectivity index (χ2v) is 4.84. The van der Waals surface area contributed by atoms with Gasteiger partial charge in [-0.1, -0.05) is 13.0 Å². The zero-order chi connectivity index (χ0) is 13.8. The summed E-state index contributed by atoms with van der Waals surface area (Å²) in [5, 5.41) is 11.8. The predicted octanol–water partition coefficient (Wildman–Crippen LogP) is 2.62. The van der Waals surface area contributed by atoms with Crippen LogP contribution in [-0.4, -0.2) is 18.6 Å². The molecule has 0 aliphatic carbocycles. The van der Waals surface area contributed by atoms with E-state index < -0.39 is 0 Å². The number of amides is 1. The normalized spacial score (nSPS) is 21.9. The summed E-state index contributed by atoms with van der Waals surface area (Å²) < 4.78 is 5.54. The van der Waals surface area contributed by atoms with E-state index in [0.29, 0.717) is 17.9 Å². The van der Waals surface area contributed by atoms with Gasteiger partial charge in [-0.05, 0) is 37.5 Å². The molecule has 0 saturated carbocycles. The van der Waals surface area contributed by atoms with Crippen molar-refractivity contribution in [1.82, 2.24) is 0 Å². The van der Waals surface area contributed by atoms with Gasteiger partial charge in [-0.2, -0.15) is 5.26 Å². The lowest BCUT2D eigenvalue weighted by molar-refractivity contribution is -0.121. The summed E-state index contributed by atoms with van der Waals surface area (Å²) in [5.41, 5.74) is 2.22. The number of nitrogens with zero attached hydrogens (tertiary/aromatic N) is 1. The fourth-order valence-corrected chi connectivity index (χ4v) is 2.40. The maximum absolute atomic E-state index is 12.3. The van der Waals surface area contributed by atoms with Crippen molar-refractivity contribution in [2.45, 2.75) is 32.8 Å². The highest BCUT2D eigenvalue weighted by Gasteiger charge is 2.32. The first-order valence-corrected chi connectivity index (χ1v) is 6.59. The summed E-state index contributed by atoms with van der Waals surface area (Å²) >= 11 is 0. The van der Waals surface area contributed by atoms with Crippen LogP contribution in [0.25, 0.3) is 0 Å². The fourth-order valence-electron chi connectivity index (χ4n) is 2.40. The van der Waals surface area contributed by atoms with Gasteiger partial charge in [0.25, 0.3) is 0 Å². The number of rotatable bonds is 3. The Morgan fingerprint density at radius 2 is 2.37 bits per heavy atom. The van der Waals surface area contributed by atoms with Crippen molar-refractivity contribution in [3.05, 3.63) is 29.3 Å². The summed E-state index contributed by atoms with van der Waals surface area (Å²) in [6.45, 7) is 4.59. The number of hydrogen-bond donors (Lipinski definition) is 1. The van der Waals surface area contributed by atoms with Crippen LogP contribution in [0.4, 0.5) is 5.69 Å². The van der Waals surface area contributed by atoms with E-state index >= 15 is 0 Å². The molecule has 1 N–H and O–H groups in total. The van der Waals surface area contributed by atoms with E-state index in [1.54, 1.807) is 12.1 Å². The molecule has 1 heterocycles. The van der Waals surface area contributed by atoms with Gasteiger partial charge in [0.05, 0.1) is 23.7 Å². The molecule has 0 spiro atoms. The minimum Gasteiger partial charge on any atom is -0.377 e. The zero-order valence-electron chi connectivity index (χ0n) is 11.3. The molecule has 2 unspecified atom stereocenters. The van der Waals surface area contributed by atoms with Gasteiger partial charge >= 0.3 is 0 Å². The SMILES string of the molecule is CCC1OCCC1C(=O)Nc1cc(C#N)ccc1C. The predicted molar refractivity (Wildman–Crippen MR) is 72.7 cm³/mol. The van der Waals surface area contributed by atoms with Gasteiger partial charge < -0.3 is 10.1 Å². The minimum atomic E-state index is -0.0878. The van der Waals surface area contributed by atoms with Crippen molar-refractivity contribution >= 4 is 11.6 Å². The van der Waals surface area contributed by atoms with Crippen LogP contribution in [0.1, 0.15) is 30.9 Å². The zero-order valence-corrected chi connectivity index (χ0v) is 11.3. The minimum absolute atomic E-state index is 0.0115. The van der Waals surface area contributed by atoms with Crippen molar-refractivity contribution in [3.8, 4) is 6.07 Å². The first kappa shape index (κ1) is 13.6. The van der Waals surface area contributed by atoms with Crippen LogP contribution in [0, 0.1) is 24.2 Å². The van der Waals surface area contributed by atoms with Gasteiger partial charge in [0, 0.05) is 12.3 Å². The standard InChI is InChI=1S/C15H18N2O2/c1-3-14-12(6-7-19-14)15(18)17-13-8-11(9-16)5-4-10(13)2/h4-5,8,12,14H,3,6-7H2,1-2H3,(H,17,18). The number of carbonyl (C=O) groups excluding carboxylic acids is 1. The Morgan fingerprint density at radius 1 is 1.58 bits per heavy atom. The summed E-state index contributed by atoms with van der Waals surface area (Å²) in [5.74, 6) is -0.0994. The molecule has 1 aromatic rings. The van der Waals surface area contributed by atoms with Crippen molar-refractivity contribution in [1.29, 1.82) is 5.26 Å². The lowest BCUT2D eigenvalue weighted by Gasteiger charge is -2.17. The Kier molecular flexibility index (Phi) is 4.18. The molecule has 19 heavy (non-hydrogen) atoms. The number of aryl methyl sites for hydroxylation is 1. The van der Waals surface area contributed by atoms with Crippen LogP contribution in [0.15, 0.2) is 18.2 Å². The highest BCUT2D eigenvalue weighted by Crippen LogP contribution is 2.26. The number of benzene rings is 1. The van der Waals surface area contributed by atoms with Crippen molar-refractivity contribution in [3.63, 3.8) is 0 Å². The molecular weight excluding hydrogens is 240 g/mol. The number of nitriles is 1. The number of nitrogens with one attached hydrogen (secondary N) is 1. The Hall–Kier alpha value is -1.86. The van der Waals surface area contributed by atoms with E-state index in [0.717, 1.165) is 18.4 Å². The molecule has 1 amide bonds. The first-order chi connectivity index (χ1) is 9.15. The van der Waals surface area contributed by atoms with E-state index in [1.165, 1.54) is 0 Å². The maximum atomic E-state index is 12.3. The molecule has 4 nitrogen and oxygen atoms in total. The Morgan fingerprint density at radius 3 is 3.05 bits per heavy atom. The van der Waals surface area contributed by atoms with Crippen LogP contribution in [0.5, 0.6) is 0 Å². The van der Waals surface area contributed by atoms with Crippen LogP contribution in [0.3, 0.4) is 0 Å². The van der Waals surface area contributed by atoms with Gasteiger partial charge in [-0.15, -0.1) is 0 Å². The molecular formula is C15H18N2O2. The van der Waals surface area contributed by atoms with E-state index in [-0.39, 0.29) is 17.9 Å². The molecule has 0 aromatic heterocycles. The maximum Gasteiger partial charge on any atom is 0.230 e. The van der Waals surface area contributed by atoms with Crippen LogP contribution >= 0.6 is 0 Å². The van der Waals surface area contributed by atoms with Crippen molar-refractivity contribution in [2.75, 3.05) is 11.9 Å². The number of anilines is 1. The molecule has 1 aliphatic rings. The second-order valence-electron chi connectivity index (χ2n) is 4.84. The van der Waals surface area contributed by atoms with E-state index in [9.17, 15) is 4.79 Å². The Labute approximate surface area is 113 Å². The monoisotopic (exact) mass is 258 g/mol. The topological polar surface area (TPSA) is 62.1 Å². The largest absolute Gasteiger partial charge is 0.377 e. The third-order valence-corrected chi connectivity index (χ3v) is 3.57. The fraction of sp³-hybridized carbons (Fsp3) is 0.467. The second kappa shape index (κ2) is 5.85. The van der Waals surface area contributed by atoms with Crippen molar-refractivity contribution in [2.24, 2.45) is 5.92 Å². The molecule has 0 bridgehead atoms. The molecule has 4 heteroatoms. The lowest BCUT2D eigenvalue weighted by Crippen LogP contribution is -2.29. The summed E-state index contributed by atoms with van der Waals surface area (Å²) in [7, 11) is 0. The quantitative estimate of drug-likeness (QED) is 0.906. The van der Waals surface area contributed by atoms with Gasteiger partial charge in [-0.3, -0.25) is 4.79 Å². The summed E-state index contributed by atoms with van der Waals surface area (Å²) in [6.07, 6.45) is 1.62. The van der Waals surface area contributed by atoms with Crippen LogP contribution in [-0.2, 0) is 9.53 Å². The average molecular weight is 258 g/mol. The average Bonchev–Trinajstić information content (AvgIpc) is 2.89. The van der Waals surface area contributed by atoms with E-state index in [2.05, 4.69) is 11.4 Å². The van der Waals surface area contributed by atoms with E-state index in [1.807, 2.05) is 19.9 Å². The highest BCUT2D eigenvalue weighted by atomic mass is 16.5. The third-order valence-electron chi connectivity index (χ3n) is 3.57. The van der Waals surface area contributed by atoms with Crippen LogP contribution in [0.2, 0.25) is 0 Å². The number of ether oxygens (including phenoxy) is 1. The molecule has 1 aliphatic heterocycles. The van der Waals surface area contributed by atoms with Gasteiger partial charge in [-0.25, -0.2) is 0 Å². The van der Waals surface area contributed by atoms with E-state index in [4.69, 9.17) is 10.00 Å². The highest BCUT2D eigenvalue weighted by molar-refractivity contribution is 5.94. The Bertz CT molecular complexity index is 519. The molecule has 1 aromatic carbocycles.